The number of carbonyl (C=O) groups is 8. The monoisotopic (exact) mass is 870 g/mol. The predicted molar refractivity (Wildman–Crippen MR) is 222 cm³/mol. The lowest BCUT2D eigenvalue weighted by Gasteiger charge is -2.28. The van der Waals surface area contributed by atoms with Gasteiger partial charge in [-0.25, -0.2) is 38.4 Å². The third-order valence-corrected chi connectivity index (χ3v) is 7.89. The molecule has 0 fully saturated rings. The maximum Gasteiger partial charge on any atom is 0.407 e. The van der Waals surface area contributed by atoms with Crippen molar-refractivity contribution in [3.63, 3.8) is 0 Å². The summed E-state index contributed by atoms with van der Waals surface area (Å²) in [5.41, 5.74) is 0.230. The van der Waals surface area contributed by atoms with Crippen LogP contribution in [0.5, 0.6) is 0 Å². The SMILES string of the molecule is C=CC(=O)OCCOC(=O)NCCCCCCNC(=O)OCCOC(=O)C=C.CC(=CCCOC(=O)NCCC(C)CC(C)(C)CNC(=O)OCCC=C(C)C(=O)O)C(=O)O. The standard InChI is InChI=1S/C23H38N2O8.C18H28N2O8/c1-16(10-11-24-21(30)32-12-6-8-17(2)19(26)27)14-23(4,5)15-25-22(31)33-13-7-9-18(3)20(28)29;1-3-15(21)25-11-13-27-17(23)19-9-7-5-6-8-10-20-18(24)28-14-12-26-16(22)4-2/h8-9,16H,6-7,10-15H2,1-5H3,(H,24,30)(H,25,31)(H,26,27)(H,28,29);3-4H,1-2,5-14H2,(H,19,23)(H,20,24). The summed E-state index contributed by atoms with van der Waals surface area (Å²) in [5.74, 6) is -2.85. The summed E-state index contributed by atoms with van der Waals surface area (Å²) >= 11 is 0. The molecule has 20 heteroatoms. The largest absolute Gasteiger partial charge is 0.478 e. The van der Waals surface area contributed by atoms with Crippen molar-refractivity contribution in [2.75, 3.05) is 65.8 Å². The third-order valence-electron chi connectivity index (χ3n) is 7.89. The Balaban J connectivity index is 0. The topological polar surface area (TPSA) is 281 Å². The Morgan fingerprint density at radius 1 is 0.557 bits per heavy atom. The van der Waals surface area contributed by atoms with Gasteiger partial charge in [-0.05, 0) is 50.9 Å². The molecule has 20 nitrogen and oxygen atoms in total. The van der Waals surface area contributed by atoms with E-state index in [-0.39, 0.29) is 62.1 Å². The molecule has 6 N–H and O–H groups in total. The van der Waals surface area contributed by atoms with Crippen molar-refractivity contribution in [3.05, 3.63) is 48.6 Å². The van der Waals surface area contributed by atoms with Gasteiger partial charge < -0.3 is 59.9 Å². The number of hydrogen-bond acceptors (Lipinski definition) is 14. The Kier molecular flexibility index (Phi) is 33.5. The molecule has 0 rings (SSSR count). The zero-order chi connectivity index (χ0) is 46.5. The molecule has 0 bridgehead atoms. The lowest BCUT2D eigenvalue weighted by atomic mass is 9.82. The normalized spacial score (nSPS) is 11.5. The van der Waals surface area contributed by atoms with Crippen molar-refractivity contribution in [3.8, 4) is 0 Å². The lowest BCUT2D eigenvalue weighted by molar-refractivity contribution is -0.139. The van der Waals surface area contributed by atoms with E-state index in [1.54, 1.807) is 0 Å². The second kappa shape index (κ2) is 35.8. The fourth-order valence-corrected chi connectivity index (χ4v) is 4.74. The Bertz CT molecular complexity index is 1410. The first-order valence-corrected chi connectivity index (χ1v) is 19.8. The van der Waals surface area contributed by atoms with Crippen LogP contribution in [0, 0.1) is 11.3 Å². The molecule has 0 aromatic carbocycles. The number of esters is 2. The summed E-state index contributed by atoms with van der Waals surface area (Å²) in [7, 11) is 0. The van der Waals surface area contributed by atoms with Gasteiger partial charge in [-0.15, -0.1) is 0 Å². The number of rotatable bonds is 30. The van der Waals surface area contributed by atoms with Crippen molar-refractivity contribution in [1.29, 1.82) is 0 Å². The Hall–Kier alpha value is -6.08. The molecule has 0 saturated heterocycles. The Labute approximate surface area is 357 Å². The number of nitrogens with one attached hydrogen (secondary N) is 4. The first-order chi connectivity index (χ1) is 28.8. The van der Waals surface area contributed by atoms with Gasteiger partial charge in [0.1, 0.15) is 26.4 Å². The quantitative estimate of drug-likeness (QED) is 0.0235. The molecule has 1 atom stereocenters. The molecule has 346 valence electrons. The van der Waals surface area contributed by atoms with E-state index in [4.69, 9.17) is 29.2 Å². The average molecular weight is 871 g/mol. The summed E-state index contributed by atoms with van der Waals surface area (Å²) in [4.78, 5) is 89.0. The van der Waals surface area contributed by atoms with E-state index in [1.807, 2.05) is 13.8 Å². The van der Waals surface area contributed by atoms with Crippen molar-refractivity contribution in [2.45, 2.75) is 86.0 Å². The number of carboxylic acids is 2. The zero-order valence-electron chi connectivity index (χ0n) is 36.1. The van der Waals surface area contributed by atoms with Gasteiger partial charge >= 0.3 is 48.3 Å². The molecule has 0 aliphatic heterocycles. The Morgan fingerprint density at radius 3 is 1.31 bits per heavy atom. The number of hydrogen-bond donors (Lipinski definition) is 6. The van der Waals surface area contributed by atoms with Crippen LogP contribution >= 0.6 is 0 Å². The zero-order valence-corrected chi connectivity index (χ0v) is 36.1. The Morgan fingerprint density at radius 2 is 0.918 bits per heavy atom. The van der Waals surface area contributed by atoms with Gasteiger partial charge in [-0.2, -0.15) is 0 Å². The highest BCUT2D eigenvalue weighted by molar-refractivity contribution is 5.86. The van der Waals surface area contributed by atoms with Crippen LogP contribution in [0.2, 0.25) is 0 Å². The summed E-state index contributed by atoms with van der Waals surface area (Å²) < 4.78 is 29.0. The second-order valence-corrected chi connectivity index (χ2v) is 14.1. The summed E-state index contributed by atoms with van der Waals surface area (Å²) in [6, 6.07) is 0. The molecule has 4 amide bonds. The fourth-order valence-electron chi connectivity index (χ4n) is 4.74. The minimum Gasteiger partial charge on any atom is -0.478 e. The number of alkyl carbamates (subject to hydrolysis) is 4. The van der Waals surface area contributed by atoms with Crippen molar-refractivity contribution >= 4 is 48.3 Å². The summed E-state index contributed by atoms with van der Waals surface area (Å²) in [6.07, 6.45) is 8.31. The van der Waals surface area contributed by atoms with E-state index in [1.165, 1.54) is 26.0 Å². The highest BCUT2D eigenvalue weighted by Gasteiger charge is 2.22. The van der Waals surface area contributed by atoms with Gasteiger partial charge in [-0.3, -0.25) is 0 Å². The first kappa shape index (κ1) is 57.0. The fraction of sp³-hybridized carbons (Fsp3) is 0.610. The van der Waals surface area contributed by atoms with Crippen LogP contribution < -0.4 is 21.3 Å². The molecule has 0 aromatic rings. The van der Waals surface area contributed by atoms with Crippen LogP contribution in [0.1, 0.15) is 86.0 Å². The van der Waals surface area contributed by atoms with Crippen LogP contribution in [0.3, 0.4) is 0 Å². The van der Waals surface area contributed by atoms with Gasteiger partial charge in [0, 0.05) is 62.3 Å². The van der Waals surface area contributed by atoms with E-state index >= 15 is 0 Å². The summed E-state index contributed by atoms with van der Waals surface area (Å²) in [6.45, 7) is 17.5. The van der Waals surface area contributed by atoms with Gasteiger partial charge in [-0.1, -0.05) is 58.9 Å². The molecular weight excluding hydrogens is 804 g/mol. The molecule has 0 aliphatic rings. The van der Waals surface area contributed by atoms with Gasteiger partial charge in [0.05, 0.1) is 13.2 Å². The van der Waals surface area contributed by atoms with Crippen LogP contribution in [0.4, 0.5) is 19.2 Å². The second-order valence-electron chi connectivity index (χ2n) is 14.1. The molecule has 0 heterocycles. The molecule has 0 aliphatic carbocycles. The number of unbranched alkanes of at least 4 members (excludes halogenated alkanes) is 3. The van der Waals surface area contributed by atoms with Crippen LogP contribution in [0.25, 0.3) is 0 Å². The van der Waals surface area contributed by atoms with E-state index in [2.05, 4.69) is 50.8 Å². The van der Waals surface area contributed by atoms with Gasteiger partial charge in [0.15, 0.2) is 0 Å². The van der Waals surface area contributed by atoms with Crippen molar-refractivity contribution < 1.29 is 77.0 Å². The predicted octanol–water partition coefficient (Wildman–Crippen LogP) is 5.18. The van der Waals surface area contributed by atoms with E-state index in [0.29, 0.717) is 39.0 Å². The van der Waals surface area contributed by atoms with E-state index < -0.39 is 48.3 Å². The number of ether oxygens (including phenoxy) is 6. The number of carboxylic acid groups (broad SMARTS) is 2. The molecule has 0 saturated carbocycles. The van der Waals surface area contributed by atoms with Crippen LogP contribution in [0.15, 0.2) is 48.6 Å². The van der Waals surface area contributed by atoms with E-state index in [9.17, 15) is 38.4 Å². The molecule has 1 unspecified atom stereocenters. The highest BCUT2D eigenvalue weighted by Crippen LogP contribution is 2.26. The van der Waals surface area contributed by atoms with Crippen LogP contribution in [-0.4, -0.2) is 124 Å². The van der Waals surface area contributed by atoms with E-state index in [0.717, 1.165) is 50.7 Å². The maximum atomic E-state index is 11.8. The van der Waals surface area contributed by atoms with Crippen molar-refractivity contribution in [2.24, 2.45) is 11.3 Å². The summed E-state index contributed by atoms with van der Waals surface area (Å²) in [5, 5.41) is 28.1. The number of amides is 4. The van der Waals surface area contributed by atoms with Crippen molar-refractivity contribution in [1.82, 2.24) is 21.3 Å². The maximum absolute atomic E-state index is 11.8. The molecule has 0 radical (unpaired) electrons. The van der Waals surface area contributed by atoms with Gasteiger partial charge in [0.2, 0.25) is 0 Å². The molecule has 61 heavy (non-hydrogen) atoms. The number of aliphatic carboxylic acids is 2. The third kappa shape index (κ3) is 37.9. The average Bonchev–Trinajstić information content (AvgIpc) is 3.21. The molecule has 0 aromatic heterocycles. The van der Waals surface area contributed by atoms with Gasteiger partial charge in [0.25, 0.3) is 0 Å². The lowest BCUT2D eigenvalue weighted by Crippen LogP contribution is -2.36. The minimum absolute atomic E-state index is 0.0202. The number of carbonyl (C=O) groups excluding carboxylic acids is 6. The van der Waals surface area contributed by atoms with Crippen LogP contribution in [-0.2, 0) is 47.6 Å². The highest BCUT2D eigenvalue weighted by atomic mass is 16.6. The molecular formula is C41H66N4O16. The smallest absolute Gasteiger partial charge is 0.407 e. The first-order valence-electron chi connectivity index (χ1n) is 19.8. The molecule has 0 spiro atoms. The minimum atomic E-state index is -0.997.